The molecule has 2 fully saturated rings. The van der Waals surface area contributed by atoms with Crippen LogP contribution in [0, 0.1) is 23.2 Å². The van der Waals surface area contributed by atoms with E-state index in [1.54, 1.807) is 36.5 Å². The molecule has 1 aromatic heterocycles. The van der Waals surface area contributed by atoms with E-state index in [-0.39, 0.29) is 67.0 Å². The average molecular weight is 1050 g/mol. The van der Waals surface area contributed by atoms with Crippen molar-refractivity contribution in [2.24, 2.45) is 39.6 Å². The number of aryl methyl sites for hydroxylation is 1. The van der Waals surface area contributed by atoms with Crippen LogP contribution in [0.1, 0.15) is 84.4 Å². The molecule has 404 valence electrons. The van der Waals surface area contributed by atoms with Crippen molar-refractivity contribution >= 4 is 29.6 Å². The summed E-state index contributed by atoms with van der Waals surface area (Å²) in [4.78, 5) is 42.9. The predicted octanol–water partition coefficient (Wildman–Crippen LogP) is 1.79. The molecule has 76 heavy (non-hydrogen) atoms. The van der Waals surface area contributed by atoms with Crippen molar-refractivity contribution in [3.63, 3.8) is 0 Å². The van der Waals surface area contributed by atoms with Crippen molar-refractivity contribution < 1.29 is 75.2 Å². The quantitative estimate of drug-likeness (QED) is 0.0201. The topological polar surface area (TPSA) is 371 Å². The average Bonchev–Trinajstić information content (AvgIpc) is 4.10. The number of aliphatic imine (C=N–C) groups is 1. The van der Waals surface area contributed by atoms with Gasteiger partial charge in [-0.3, -0.25) is 14.7 Å². The zero-order valence-electron chi connectivity index (χ0n) is 41.4. The number of nitrogens with two attached hydrogens (primary N) is 2. The molecule has 1 amide bonds. The number of carboxylic acid groups (broad SMARTS) is 1. The molecule has 0 spiro atoms. The van der Waals surface area contributed by atoms with Crippen LogP contribution in [0.2, 0.25) is 0 Å². The number of carbonyl (C=O) groups excluding carboxylic acids is 1. The fourth-order valence-corrected chi connectivity index (χ4v) is 14.1. The second-order valence-corrected chi connectivity index (χ2v) is 21.1. The second kappa shape index (κ2) is 20.0. The van der Waals surface area contributed by atoms with Crippen molar-refractivity contribution in [3.05, 3.63) is 124 Å². The van der Waals surface area contributed by atoms with Crippen molar-refractivity contribution in [1.29, 1.82) is 0 Å². The maximum atomic E-state index is 15.6. The highest BCUT2D eigenvalue weighted by Gasteiger charge is 2.77. The number of aromatic amines is 1. The number of carboxylic acids is 1. The van der Waals surface area contributed by atoms with Gasteiger partial charge in [0.1, 0.15) is 29.8 Å². The van der Waals surface area contributed by atoms with E-state index in [0.717, 1.165) is 22.6 Å². The first-order chi connectivity index (χ1) is 36.4. The lowest BCUT2D eigenvalue weighted by atomic mass is 9.38. The van der Waals surface area contributed by atoms with E-state index in [9.17, 15) is 56.2 Å². The van der Waals surface area contributed by atoms with Crippen molar-refractivity contribution in [2.45, 2.75) is 111 Å². The Bertz CT molecular complexity index is 3010. The standard InChI is InChI=1S/C55H64N6O15/c56-51(57)59-17-3-8-38(64)30-15-16-52(54-32(5-2-6-33(54)25-62)12-11-29-4-1-7-40(66)45(29)54)34(19-30)23-53(50(72)73)48(52)36-21-41(67)42(75-55(74)49(71)47(70)46(69)43(26-63)76-55)22-37(36)61(53)44(68)14-10-28-9-13-39(65)31(18-28)20-35-24-58-27-60-35/h1,4,7,9-10,13-16,18,21-24,27,30,32-33,38,43,46-49,62-67,69-71,74H,2-3,5-6,8,11-12,17,19-20,25-26H2,(H,58,60)(H,72,73)(H4,56,57,59)/b14-10+/t30-,32-,33+,38-,43+,46+,47-,48-,49+,52-,53+,54-,55-/m0/s1. The second-order valence-electron chi connectivity index (χ2n) is 21.1. The highest BCUT2D eigenvalue weighted by Crippen LogP contribution is 2.77. The number of hydrogen-bond donors (Lipinski definition) is 14. The fourth-order valence-electron chi connectivity index (χ4n) is 14.1. The third-order valence-corrected chi connectivity index (χ3v) is 17.2. The molecule has 1 saturated heterocycles. The number of rotatable bonds is 15. The number of nitrogens with one attached hydrogen (secondary N) is 1. The number of hydrogen-bond acceptors (Lipinski definition) is 16. The third kappa shape index (κ3) is 8.14. The van der Waals surface area contributed by atoms with Gasteiger partial charge in [0.25, 0.3) is 5.91 Å². The molecule has 2 aliphatic heterocycles. The van der Waals surface area contributed by atoms with E-state index in [1.165, 1.54) is 24.5 Å². The molecule has 4 aliphatic carbocycles. The van der Waals surface area contributed by atoms with Crippen LogP contribution in [0.3, 0.4) is 0 Å². The van der Waals surface area contributed by atoms with Crippen LogP contribution in [0.4, 0.5) is 5.69 Å². The van der Waals surface area contributed by atoms with Gasteiger partial charge in [0.05, 0.1) is 24.7 Å². The van der Waals surface area contributed by atoms with Crippen LogP contribution in [0.5, 0.6) is 23.0 Å². The predicted molar refractivity (Wildman–Crippen MR) is 272 cm³/mol. The molecule has 21 nitrogen and oxygen atoms in total. The highest BCUT2D eigenvalue weighted by molar-refractivity contribution is 6.13. The molecule has 16 N–H and O–H groups in total. The smallest absolute Gasteiger partial charge is 0.355 e. The van der Waals surface area contributed by atoms with Crippen LogP contribution in [-0.2, 0) is 32.6 Å². The monoisotopic (exact) mass is 1050 g/mol. The van der Waals surface area contributed by atoms with Gasteiger partial charge >= 0.3 is 11.9 Å². The molecule has 4 aromatic rings. The largest absolute Gasteiger partial charge is 0.508 e. The summed E-state index contributed by atoms with van der Waals surface area (Å²) in [5.41, 5.74) is 9.34. The maximum absolute atomic E-state index is 15.6. The number of carbonyl (C=O) groups is 2. The van der Waals surface area contributed by atoms with E-state index in [2.05, 4.69) is 15.0 Å². The van der Waals surface area contributed by atoms with Gasteiger partial charge < -0.3 is 82.1 Å². The Morgan fingerprint density at radius 3 is 2.53 bits per heavy atom. The molecular weight excluding hydrogens is 985 g/mol. The number of aromatic nitrogens is 2. The summed E-state index contributed by atoms with van der Waals surface area (Å²) in [7, 11) is 0. The van der Waals surface area contributed by atoms with Crippen molar-refractivity contribution in [3.8, 4) is 23.0 Å². The van der Waals surface area contributed by atoms with E-state index < -0.39 is 101 Å². The minimum Gasteiger partial charge on any atom is -0.508 e. The number of H-pyrrole nitrogens is 1. The Balaban J connectivity index is 1.21. The summed E-state index contributed by atoms with van der Waals surface area (Å²) in [6, 6.07) is 12.2. The number of phenols is 3. The highest BCUT2D eigenvalue weighted by atomic mass is 16.8. The lowest BCUT2D eigenvalue weighted by molar-refractivity contribution is -0.422. The molecular formula is C55H64N6O15. The molecule has 0 bridgehead atoms. The van der Waals surface area contributed by atoms with Crippen LogP contribution in [-0.4, -0.2) is 146 Å². The number of phenolic OH excluding ortho intramolecular Hbond substituents is 3. The van der Waals surface area contributed by atoms with Gasteiger partial charge in [0.15, 0.2) is 29.1 Å². The van der Waals surface area contributed by atoms with E-state index in [0.29, 0.717) is 66.5 Å². The summed E-state index contributed by atoms with van der Waals surface area (Å²) in [6.07, 6.45) is 5.81. The number of ether oxygens (including phenoxy) is 2. The number of guanidine groups is 1. The van der Waals surface area contributed by atoms with Gasteiger partial charge in [-0.05, 0) is 110 Å². The van der Waals surface area contributed by atoms with Gasteiger partial charge in [-0.2, -0.15) is 0 Å². The third-order valence-electron chi connectivity index (χ3n) is 17.2. The number of anilines is 1. The lowest BCUT2D eigenvalue weighted by Gasteiger charge is -2.64. The van der Waals surface area contributed by atoms with E-state index in [4.69, 9.17) is 20.9 Å². The van der Waals surface area contributed by atoms with Crippen molar-refractivity contribution in [2.75, 3.05) is 24.7 Å². The normalized spacial score (nSPS) is 32.6. The lowest BCUT2D eigenvalue weighted by Crippen LogP contribution is -2.67. The van der Waals surface area contributed by atoms with Gasteiger partial charge in [-0.15, -0.1) is 0 Å². The number of imidazole rings is 1. The molecule has 0 unspecified atom stereocenters. The van der Waals surface area contributed by atoms with Gasteiger partial charge in [0, 0.05) is 77.4 Å². The van der Waals surface area contributed by atoms with Gasteiger partial charge in [-0.1, -0.05) is 42.3 Å². The molecule has 3 aromatic carbocycles. The van der Waals surface area contributed by atoms with Gasteiger partial charge in [-0.25, -0.2) is 9.78 Å². The molecule has 0 radical (unpaired) electrons. The maximum Gasteiger partial charge on any atom is 0.355 e. The first kappa shape index (κ1) is 52.6. The first-order valence-corrected chi connectivity index (χ1v) is 25.6. The van der Waals surface area contributed by atoms with Crippen LogP contribution in [0.15, 0.2) is 95.9 Å². The summed E-state index contributed by atoms with van der Waals surface area (Å²) in [6.45, 7) is -1.09. The number of aliphatic carboxylic acids is 1. The summed E-state index contributed by atoms with van der Waals surface area (Å²) in [5, 5.41) is 125. The zero-order chi connectivity index (χ0) is 54.1. The molecule has 3 heterocycles. The SMILES string of the molecule is NC(N)=NCCC[C@H](O)[C@H]1C=C[C@]2([C@@]34c5c(O)cccc5CC[C@@H]3CCC[C@@H]4CO)C(=C[C@]3(C(=O)O)[C@H]2c2cc(O)c(O[C@]4(O)O[C@H](CO)[C@@H](O)[C@H](O)[C@H]4O)cc2N3C(=O)/C=C/c2ccc(O)c(Cc3cnc[nH]3)c2)C1. The molecule has 10 rings (SSSR count). The molecule has 6 aliphatic rings. The Hall–Kier alpha value is -6.82. The fraction of sp³-hybridized carbons (Fsp3) is 0.455. The number of allylic oxidation sites excluding steroid dienone is 2. The minimum absolute atomic E-state index is 0.0276. The number of fused-ring (bicyclic) bond motifs is 9. The molecule has 1 saturated carbocycles. The number of nitrogens with zero attached hydrogens (tertiary/aromatic N) is 3. The van der Waals surface area contributed by atoms with Gasteiger partial charge in [0.2, 0.25) is 0 Å². The van der Waals surface area contributed by atoms with E-state index >= 15 is 9.59 Å². The van der Waals surface area contributed by atoms with Crippen LogP contribution >= 0.6 is 0 Å². The summed E-state index contributed by atoms with van der Waals surface area (Å²) >= 11 is 0. The van der Waals surface area contributed by atoms with Crippen LogP contribution in [0.25, 0.3) is 6.08 Å². The zero-order valence-corrected chi connectivity index (χ0v) is 41.4. The molecule has 21 heteroatoms. The van der Waals surface area contributed by atoms with Crippen LogP contribution < -0.4 is 21.1 Å². The molecule has 13 atom stereocenters. The summed E-state index contributed by atoms with van der Waals surface area (Å²) < 4.78 is 11.2. The Kier molecular flexibility index (Phi) is 13.8. The number of aliphatic hydroxyl groups is 7. The first-order valence-electron chi connectivity index (χ1n) is 25.6. The number of amides is 1. The minimum atomic E-state index is -3.25. The summed E-state index contributed by atoms with van der Waals surface area (Å²) in [5.74, 6) is -10.2. The van der Waals surface area contributed by atoms with E-state index in [1.807, 2.05) is 18.2 Å². The number of aliphatic hydroxyl groups excluding tert-OH is 6. The Morgan fingerprint density at radius 1 is 1.00 bits per heavy atom. The Morgan fingerprint density at radius 2 is 1.80 bits per heavy atom. The Labute approximate surface area is 436 Å². The van der Waals surface area contributed by atoms with Crippen molar-refractivity contribution in [1.82, 2.24) is 9.97 Å². The number of benzene rings is 3. The number of aromatic hydroxyl groups is 3.